The Morgan fingerprint density at radius 1 is 1.30 bits per heavy atom. The van der Waals surface area contributed by atoms with Gasteiger partial charge in [-0.3, -0.25) is 4.79 Å². The Kier molecular flexibility index (Phi) is 6.38. The predicted molar refractivity (Wildman–Crippen MR) is 77.7 cm³/mol. The van der Waals surface area contributed by atoms with Gasteiger partial charge in [-0.25, -0.2) is 13.2 Å². The van der Waals surface area contributed by atoms with Gasteiger partial charge >= 0.3 is 11.7 Å². The average molecular weight is 347 g/mol. The number of carbonyl (C=O) groups is 2. The summed E-state index contributed by atoms with van der Waals surface area (Å²) in [5.41, 5.74) is -0.0680. The molecule has 0 heterocycles. The lowest BCUT2D eigenvalue weighted by Crippen LogP contribution is -2.35. The minimum Gasteiger partial charge on any atom is -0.449 e. The lowest BCUT2D eigenvalue weighted by atomic mass is 10.2. The van der Waals surface area contributed by atoms with Crippen LogP contribution in [0.4, 0.5) is 8.78 Å². The zero-order valence-electron chi connectivity index (χ0n) is 12.2. The molecule has 1 amide bonds. The molecule has 9 heteroatoms. The second-order valence-corrected chi connectivity index (χ2v) is 6.33. The van der Waals surface area contributed by atoms with E-state index >= 15 is 0 Å². The van der Waals surface area contributed by atoms with Crippen molar-refractivity contribution < 1.29 is 31.5 Å². The maximum atomic E-state index is 12.4. The summed E-state index contributed by atoms with van der Waals surface area (Å²) < 4.78 is 52.2. The summed E-state index contributed by atoms with van der Waals surface area (Å²) in [7, 11) is -4.73. The average Bonchev–Trinajstić information content (AvgIpc) is 2.52. The molecule has 0 aromatic heterocycles. The summed E-state index contributed by atoms with van der Waals surface area (Å²) in [6.45, 7) is 4.98. The monoisotopic (exact) mass is 347 g/mol. The summed E-state index contributed by atoms with van der Waals surface area (Å²) >= 11 is 0. The van der Waals surface area contributed by atoms with Crippen LogP contribution in [0.15, 0.2) is 41.8 Å². The Labute approximate surface area is 132 Å². The minimum absolute atomic E-state index is 0.0680. The van der Waals surface area contributed by atoms with Gasteiger partial charge < -0.3 is 10.1 Å². The number of halogens is 2. The van der Waals surface area contributed by atoms with Crippen molar-refractivity contribution in [3.05, 3.63) is 42.5 Å². The third kappa shape index (κ3) is 4.85. The van der Waals surface area contributed by atoms with Crippen molar-refractivity contribution >= 4 is 21.7 Å². The highest BCUT2D eigenvalue weighted by Crippen LogP contribution is 2.19. The van der Waals surface area contributed by atoms with E-state index in [0.717, 1.165) is 24.3 Å². The molecule has 0 unspecified atom stereocenters. The summed E-state index contributed by atoms with van der Waals surface area (Å²) in [5, 5.41) is 2.43. The van der Waals surface area contributed by atoms with Gasteiger partial charge in [0.2, 0.25) is 9.84 Å². The van der Waals surface area contributed by atoms with Crippen LogP contribution in [0.2, 0.25) is 0 Å². The quantitative estimate of drug-likeness (QED) is 0.597. The van der Waals surface area contributed by atoms with Crippen molar-refractivity contribution in [3.8, 4) is 0 Å². The molecule has 0 saturated carbocycles. The van der Waals surface area contributed by atoms with Crippen LogP contribution in [0, 0.1) is 0 Å². The van der Waals surface area contributed by atoms with E-state index in [2.05, 4.69) is 11.9 Å². The lowest BCUT2D eigenvalue weighted by molar-refractivity contribution is -0.128. The fraction of sp³-hybridized carbons (Fsp3) is 0.286. The molecular formula is C14H15F2NO5S. The molecule has 0 spiro atoms. The largest absolute Gasteiger partial charge is 0.449 e. The third-order valence-corrected chi connectivity index (χ3v) is 4.13. The lowest BCUT2D eigenvalue weighted by Gasteiger charge is -2.13. The molecule has 0 aliphatic rings. The van der Waals surface area contributed by atoms with Gasteiger partial charge in [0.15, 0.2) is 6.10 Å². The van der Waals surface area contributed by atoms with Gasteiger partial charge in [-0.15, -0.1) is 6.58 Å². The van der Waals surface area contributed by atoms with Gasteiger partial charge in [0, 0.05) is 6.54 Å². The van der Waals surface area contributed by atoms with E-state index in [-0.39, 0.29) is 12.1 Å². The second kappa shape index (κ2) is 7.82. The van der Waals surface area contributed by atoms with Crippen LogP contribution in [0.5, 0.6) is 0 Å². The van der Waals surface area contributed by atoms with Crippen molar-refractivity contribution in [1.82, 2.24) is 5.32 Å². The van der Waals surface area contributed by atoms with E-state index in [1.807, 2.05) is 0 Å². The first kappa shape index (κ1) is 18.8. The number of rotatable bonds is 7. The number of hydrogen-bond acceptors (Lipinski definition) is 5. The van der Waals surface area contributed by atoms with Gasteiger partial charge in [0.1, 0.15) is 0 Å². The van der Waals surface area contributed by atoms with Gasteiger partial charge in [0.25, 0.3) is 5.91 Å². The van der Waals surface area contributed by atoms with Crippen LogP contribution in [0.3, 0.4) is 0 Å². The molecule has 1 N–H and O–H groups in total. The molecule has 0 aliphatic carbocycles. The molecule has 1 aromatic rings. The number of esters is 1. The molecule has 0 fully saturated rings. The van der Waals surface area contributed by atoms with E-state index in [1.165, 1.54) is 13.0 Å². The first-order valence-corrected chi connectivity index (χ1v) is 7.96. The molecule has 0 aliphatic heterocycles. The number of carbonyl (C=O) groups excluding carboxylic acids is 2. The SMILES string of the molecule is C=CCNC(=O)[C@H](C)OC(=O)c1ccc(S(=O)(=O)C(F)F)cc1. The second-order valence-electron chi connectivity index (χ2n) is 4.41. The molecule has 0 bridgehead atoms. The standard InChI is InChI=1S/C14H15F2NO5S/c1-3-8-17-12(18)9(2)22-13(19)10-4-6-11(7-5-10)23(20,21)14(15)16/h3-7,9,14H,1,8H2,2H3,(H,17,18)/t9-/m0/s1. The summed E-state index contributed by atoms with van der Waals surface area (Å²) in [4.78, 5) is 22.7. The normalized spacial score (nSPS) is 12.5. The Morgan fingerprint density at radius 2 is 1.87 bits per heavy atom. The third-order valence-electron chi connectivity index (χ3n) is 2.73. The van der Waals surface area contributed by atoms with Crippen LogP contribution in [-0.4, -0.2) is 38.7 Å². The topological polar surface area (TPSA) is 89.5 Å². The molecule has 1 atom stereocenters. The molecule has 0 saturated heterocycles. The van der Waals surface area contributed by atoms with E-state index in [0.29, 0.717) is 0 Å². The molecule has 23 heavy (non-hydrogen) atoms. The van der Waals surface area contributed by atoms with Crippen molar-refractivity contribution in [2.45, 2.75) is 23.7 Å². The number of alkyl halides is 2. The van der Waals surface area contributed by atoms with E-state index in [9.17, 15) is 26.8 Å². The van der Waals surface area contributed by atoms with Crippen molar-refractivity contribution in [2.75, 3.05) is 6.54 Å². The van der Waals surface area contributed by atoms with E-state index in [1.54, 1.807) is 0 Å². The fourth-order valence-electron chi connectivity index (χ4n) is 1.48. The Hall–Kier alpha value is -2.29. The highest BCUT2D eigenvalue weighted by molar-refractivity contribution is 7.91. The van der Waals surface area contributed by atoms with Crippen LogP contribution in [-0.2, 0) is 19.4 Å². The number of hydrogen-bond donors (Lipinski definition) is 1. The van der Waals surface area contributed by atoms with Gasteiger partial charge in [-0.2, -0.15) is 8.78 Å². The van der Waals surface area contributed by atoms with Crippen LogP contribution in [0.25, 0.3) is 0 Å². The fourth-order valence-corrected chi connectivity index (χ4v) is 2.20. The highest BCUT2D eigenvalue weighted by atomic mass is 32.2. The Morgan fingerprint density at radius 3 is 2.35 bits per heavy atom. The molecule has 0 radical (unpaired) electrons. The molecule has 1 aromatic carbocycles. The maximum absolute atomic E-state index is 12.4. The van der Waals surface area contributed by atoms with Crippen molar-refractivity contribution in [1.29, 1.82) is 0 Å². The molecular weight excluding hydrogens is 332 g/mol. The van der Waals surface area contributed by atoms with Crippen LogP contribution < -0.4 is 5.32 Å². The predicted octanol–water partition coefficient (Wildman–Crippen LogP) is 1.53. The van der Waals surface area contributed by atoms with E-state index in [4.69, 9.17) is 4.74 Å². The minimum atomic E-state index is -4.73. The number of ether oxygens (including phenoxy) is 1. The molecule has 126 valence electrons. The first-order chi connectivity index (χ1) is 10.7. The number of nitrogens with one attached hydrogen (secondary N) is 1. The van der Waals surface area contributed by atoms with Crippen LogP contribution in [0.1, 0.15) is 17.3 Å². The maximum Gasteiger partial charge on any atom is 0.341 e. The Balaban J connectivity index is 2.79. The number of amides is 1. The van der Waals surface area contributed by atoms with Crippen LogP contribution >= 0.6 is 0 Å². The highest BCUT2D eigenvalue weighted by Gasteiger charge is 2.27. The number of benzene rings is 1. The Bertz CT molecular complexity index is 686. The molecule has 1 rings (SSSR count). The first-order valence-electron chi connectivity index (χ1n) is 6.42. The van der Waals surface area contributed by atoms with Gasteiger partial charge in [-0.05, 0) is 31.2 Å². The van der Waals surface area contributed by atoms with Gasteiger partial charge in [-0.1, -0.05) is 6.08 Å². The van der Waals surface area contributed by atoms with Crippen molar-refractivity contribution in [3.63, 3.8) is 0 Å². The number of sulfone groups is 1. The van der Waals surface area contributed by atoms with Gasteiger partial charge in [0.05, 0.1) is 10.5 Å². The van der Waals surface area contributed by atoms with E-state index < -0.39 is 38.5 Å². The zero-order chi connectivity index (χ0) is 17.6. The summed E-state index contributed by atoms with van der Waals surface area (Å²) in [5.74, 6) is -4.96. The molecule has 6 nitrogen and oxygen atoms in total. The smallest absolute Gasteiger partial charge is 0.341 e. The summed E-state index contributed by atoms with van der Waals surface area (Å²) in [6.07, 6.45) is 0.376. The summed E-state index contributed by atoms with van der Waals surface area (Å²) in [6, 6.07) is 3.82. The van der Waals surface area contributed by atoms with Crippen molar-refractivity contribution in [2.24, 2.45) is 0 Å². The zero-order valence-corrected chi connectivity index (χ0v) is 13.0.